The number of benzene rings is 1. The van der Waals surface area contributed by atoms with Gasteiger partial charge in [-0.2, -0.15) is 0 Å². The summed E-state index contributed by atoms with van der Waals surface area (Å²) in [6.07, 6.45) is 0.416. The lowest BCUT2D eigenvalue weighted by Gasteiger charge is -2.13. The summed E-state index contributed by atoms with van der Waals surface area (Å²) >= 11 is 11.3. The second kappa shape index (κ2) is 6.19. The molecule has 17 heavy (non-hydrogen) atoms. The molecule has 1 atom stereocenters. The van der Waals surface area contributed by atoms with Crippen LogP contribution in [0, 0.1) is 5.82 Å². The topological polar surface area (TPSA) is 49.3 Å². The van der Waals surface area contributed by atoms with E-state index in [1.54, 1.807) is 6.92 Å². The summed E-state index contributed by atoms with van der Waals surface area (Å²) in [5.74, 6) is -1.19. The van der Waals surface area contributed by atoms with Crippen molar-refractivity contribution in [3.8, 4) is 0 Å². The maximum Gasteiger partial charge on any atom is 0.253 e. The van der Waals surface area contributed by atoms with E-state index in [4.69, 9.17) is 28.3 Å². The van der Waals surface area contributed by atoms with Gasteiger partial charge in [0, 0.05) is 12.6 Å². The van der Waals surface area contributed by atoms with Gasteiger partial charge in [-0.05, 0) is 25.5 Å². The number of halogens is 3. The van der Waals surface area contributed by atoms with E-state index in [1.165, 1.54) is 6.07 Å². The largest absolute Gasteiger partial charge is 0.396 e. The molecule has 94 valence electrons. The maximum absolute atomic E-state index is 13.2. The summed E-state index contributed by atoms with van der Waals surface area (Å²) < 4.78 is 13.2. The van der Waals surface area contributed by atoms with Crippen LogP contribution in [0.3, 0.4) is 0 Å². The van der Waals surface area contributed by atoms with Crippen LogP contribution in [0.5, 0.6) is 0 Å². The lowest BCUT2D eigenvalue weighted by molar-refractivity contribution is 0.0934. The van der Waals surface area contributed by atoms with E-state index in [1.807, 2.05) is 0 Å². The van der Waals surface area contributed by atoms with Gasteiger partial charge in [-0.15, -0.1) is 0 Å². The summed E-state index contributed by atoms with van der Waals surface area (Å²) in [6.45, 7) is 1.69. The van der Waals surface area contributed by atoms with Crippen molar-refractivity contribution in [3.05, 3.63) is 33.6 Å². The molecule has 0 saturated carbocycles. The molecule has 2 N–H and O–H groups in total. The smallest absolute Gasteiger partial charge is 0.253 e. The Morgan fingerprint density at radius 3 is 2.71 bits per heavy atom. The molecule has 0 aromatic heterocycles. The van der Waals surface area contributed by atoms with Crippen LogP contribution in [-0.2, 0) is 0 Å². The maximum atomic E-state index is 13.2. The van der Waals surface area contributed by atoms with Gasteiger partial charge in [0.1, 0.15) is 5.82 Å². The highest BCUT2D eigenvalue weighted by Gasteiger charge is 2.15. The highest BCUT2D eigenvalue weighted by molar-refractivity contribution is 6.36. The molecule has 1 amide bonds. The Balaban J connectivity index is 2.86. The fourth-order valence-corrected chi connectivity index (χ4v) is 1.73. The minimum Gasteiger partial charge on any atom is -0.396 e. The molecule has 1 aromatic carbocycles. The molecular formula is C11H12Cl2FNO2. The first-order valence-corrected chi connectivity index (χ1v) is 5.77. The molecule has 6 heteroatoms. The molecule has 0 aliphatic carbocycles. The monoisotopic (exact) mass is 279 g/mol. The van der Waals surface area contributed by atoms with Gasteiger partial charge in [-0.1, -0.05) is 23.2 Å². The first-order valence-electron chi connectivity index (χ1n) is 5.02. The fourth-order valence-electron chi connectivity index (χ4n) is 1.26. The van der Waals surface area contributed by atoms with E-state index < -0.39 is 11.7 Å². The number of hydrogen-bond acceptors (Lipinski definition) is 2. The number of carbonyl (C=O) groups excluding carboxylic acids is 1. The molecule has 0 spiro atoms. The van der Waals surface area contributed by atoms with Crippen LogP contribution in [0.4, 0.5) is 4.39 Å². The van der Waals surface area contributed by atoms with E-state index in [2.05, 4.69) is 5.32 Å². The van der Waals surface area contributed by atoms with Crippen molar-refractivity contribution < 1.29 is 14.3 Å². The average molecular weight is 280 g/mol. The van der Waals surface area contributed by atoms with E-state index in [0.29, 0.717) is 6.42 Å². The van der Waals surface area contributed by atoms with Crippen LogP contribution < -0.4 is 5.32 Å². The first kappa shape index (κ1) is 14.2. The minimum atomic E-state index is -0.698. The normalized spacial score (nSPS) is 12.3. The van der Waals surface area contributed by atoms with Crippen molar-refractivity contribution in [3.63, 3.8) is 0 Å². The Kier molecular flexibility index (Phi) is 5.18. The van der Waals surface area contributed by atoms with Crippen LogP contribution >= 0.6 is 23.2 Å². The molecule has 3 nitrogen and oxygen atoms in total. The highest BCUT2D eigenvalue weighted by Crippen LogP contribution is 2.24. The van der Waals surface area contributed by atoms with Crippen molar-refractivity contribution in [2.75, 3.05) is 6.61 Å². The standard InChI is InChI=1S/C11H12Cl2FNO2/c1-6(2-3-16)15-11(17)7-4-10(14)9(13)5-8(7)12/h4-6,16H,2-3H2,1H3,(H,15,17). The molecule has 0 bridgehead atoms. The molecule has 1 aromatic rings. The van der Waals surface area contributed by atoms with E-state index in [0.717, 1.165) is 6.07 Å². The van der Waals surface area contributed by atoms with Gasteiger partial charge in [-0.25, -0.2) is 4.39 Å². The van der Waals surface area contributed by atoms with Crippen LogP contribution in [0.2, 0.25) is 10.0 Å². The van der Waals surface area contributed by atoms with Crippen molar-refractivity contribution in [1.29, 1.82) is 0 Å². The van der Waals surface area contributed by atoms with Gasteiger partial charge >= 0.3 is 0 Å². The number of amides is 1. The first-order chi connectivity index (χ1) is 7.95. The fraction of sp³-hybridized carbons (Fsp3) is 0.364. The van der Waals surface area contributed by atoms with E-state index in [9.17, 15) is 9.18 Å². The molecule has 0 radical (unpaired) electrons. The van der Waals surface area contributed by atoms with Crippen LogP contribution in [0.25, 0.3) is 0 Å². The minimum absolute atomic E-state index is 0.0263. The number of carbonyl (C=O) groups is 1. The number of aliphatic hydroxyl groups excluding tert-OH is 1. The highest BCUT2D eigenvalue weighted by atomic mass is 35.5. The Morgan fingerprint density at radius 1 is 1.47 bits per heavy atom. The van der Waals surface area contributed by atoms with E-state index >= 15 is 0 Å². The Bertz CT molecular complexity index is 426. The van der Waals surface area contributed by atoms with Crippen LogP contribution in [0.1, 0.15) is 23.7 Å². The third-order valence-corrected chi connectivity index (χ3v) is 2.80. The van der Waals surface area contributed by atoms with Crippen molar-refractivity contribution >= 4 is 29.1 Å². The summed E-state index contributed by atoms with van der Waals surface area (Å²) in [7, 11) is 0. The molecule has 0 aliphatic rings. The molecule has 1 rings (SSSR count). The van der Waals surface area contributed by atoms with Gasteiger partial charge in [0.05, 0.1) is 15.6 Å². The van der Waals surface area contributed by atoms with Crippen LogP contribution in [-0.4, -0.2) is 23.7 Å². The predicted octanol–water partition coefficient (Wildman–Crippen LogP) is 2.63. The lowest BCUT2D eigenvalue weighted by atomic mass is 10.1. The van der Waals surface area contributed by atoms with E-state index in [-0.39, 0.29) is 28.3 Å². The number of nitrogens with one attached hydrogen (secondary N) is 1. The summed E-state index contributed by atoms with van der Waals surface area (Å²) in [5, 5.41) is 11.3. The Labute approximate surface area is 109 Å². The molecule has 0 aliphatic heterocycles. The number of aliphatic hydroxyl groups is 1. The van der Waals surface area contributed by atoms with Gasteiger partial charge in [0.15, 0.2) is 0 Å². The number of rotatable bonds is 4. The average Bonchev–Trinajstić information content (AvgIpc) is 2.23. The zero-order chi connectivity index (χ0) is 13.0. The van der Waals surface area contributed by atoms with Gasteiger partial charge in [0.25, 0.3) is 5.91 Å². The summed E-state index contributed by atoms with van der Waals surface area (Å²) in [4.78, 5) is 11.7. The quantitative estimate of drug-likeness (QED) is 0.833. The van der Waals surface area contributed by atoms with Gasteiger partial charge < -0.3 is 10.4 Å². The van der Waals surface area contributed by atoms with Crippen molar-refractivity contribution in [2.24, 2.45) is 0 Å². The zero-order valence-corrected chi connectivity index (χ0v) is 10.6. The van der Waals surface area contributed by atoms with Gasteiger partial charge in [0.2, 0.25) is 0 Å². The third kappa shape index (κ3) is 3.84. The third-order valence-electron chi connectivity index (χ3n) is 2.19. The molecule has 0 saturated heterocycles. The Hall–Kier alpha value is -0.840. The van der Waals surface area contributed by atoms with Crippen molar-refractivity contribution in [2.45, 2.75) is 19.4 Å². The number of hydrogen-bond donors (Lipinski definition) is 2. The lowest BCUT2D eigenvalue weighted by Crippen LogP contribution is -2.33. The van der Waals surface area contributed by atoms with Crippen molar-refractivity contribution in [1.82, 2.24) is 5.32 Å². The predicted molar refractivity (Wildman–Crippen MR) is 65.1 cm³/mol. The second-order valence-electron chi connectivity index (χ2n) is 3.63. The Morgan fingerprint density at radius 2 is 2.12 bits per heavy atom. The molecule has 0 heterocycles. The second-order valence-corrected chi connectivity index (χ2v) is 4.45. The molecule has 1 unspecified atom stereocenters. The van der Waals surface area contributed by atoms with Gasteiger partial charge in [-0.3, -0.25) is 4.79 Å². The summed E-state index contributed by atoms with van der Waals surface area (Å²) in [5.41, 5.74) is 0.0263. The van der Waals surface area contributed by atoms with Crippen LogP contribution in [0.15, 0.2) is 12.1 Å². The zero-order valence-electron chi connectivity index (χ0n) is 9.14. The summed E-state index contributed by atoms with van der Waals surface area (Å²) in [6, 6.07) is 1.96. The SMILES string of the molecule is CC(CCO)NC(=O)c1cc(F)c(Cl)cc1Cl. The molecular weight excluding hydrogens is 268 g/mol. The molecule has 0 fully saturated rings.